The van der Waals surface area contributed by atoms with Crippen LogP contribution in [0.5, 0.6) is 0 Å². The van der Waals surface area contributed by atoms with E-state index >= 15 is 0 Å². The maximum absolute atomic E-state index is 9.49. The summed E-state index contributed by atoms with van der Waals surface area (Å²) in [5.41, 5.74) is 17.3. The molecule has 0 amide bonds. The molecule has 0 bridgehead atoms. The number of likely N-dealkylation sites (N-methyl/N-ethyl adjacent to an activating group) is 1. The number of nitrogens with zero attached hydrogens (tertiary/aromatic N) is 5. The van der Waals surface area contributed by atoms with Crippen LogP contribution >= 0.6 is 0 Å². The Kier molecular flexibility index (Phi) is 4.48. The Labute approximate surface area is 180 Å². The summed E-state index contributed by atoms with van der Waals surface area (Å²) in [5, 5.41) is 24.0. The lowest BCUT2D eigenvalue weighted by molar-refractivity contribution is 0.597. The molecular weight excluding hydrogens is 390 g/mol. The molecule has 6 N–H and O–H groups in total. The number of guanidine groups is 1. The van der Waals surface area contributed by atoms with E-state index in [0.717, 1.165) is 22.4 Å². The Hall–Kier alpha value is -4.24. The number of benzene rings is 1. The summed E-state index contributed by atoms with van der Waals surface area (Å²) in [7, 11) is 2.07. The highest BCUT2D eigenvalue weighted by molar-refractivity contribution is 5.98. The van der Waals surface area contributed by atoms with Gasteiger partial charge in [-0.2, -0.15) is 10.5 Å². The van der Waals surface area contributed by atoms with Crippen molar-refractivity contribution in [3.8, 4) is 12.3 Å². The van der Waals surface area contributed by atoms with Gasteiger partial charge in [-0.05, 0) is 44.0 Å². The zero-order valence-corrected chi connectivity index (χ0v) is 17.8. The van der Waals surface area contributed by atoms with Gasteiger partial charge >= 0.3 is 0 Å². The summed E-state index contributed by atoms with van der Waals surface area (Å²) in [6, 6.07) is 7.57. The lowest BCUT2D eigenvalue weighted by Crippen LogP contribution is -2.42. The molecule has 0 aliphatic carbocycles. The summed E-state index contributed by atoms with van der Waals surface area (Å²) < 4.78 is 0. The summed E-state index contributed by atoms with van der Waals surface area (Å²) in [5.74, 6) is 0.630. The molecule has 2 aliphatic rings. The molecular formula is C22H23N9. The number of aromatic nitrogens is 1. The molecule has 1 atom stereocenters. The van der Waals surface area contributed by atoms with Crippen LogP contribution in [-0.4, -0.2) is 23.5 Å². The second kappa shape index (κ2) is 6.92. The van der Waals surface area contributed by atoms with E-state index in [4.69, 9.17) is 16.7 Å². The maximum atomic E-state index is 9.49. The molecule has 9 nitrogen and oxygen atoms in total. The fourth-order valence-electron chi connectivity index (χ4n) is 4.17. The number of hydrogen-bond acceptors (Lipinski definition) is 9. The standard InChI is InChI=1S/C22H23N9/c1-11-8-22(2,3)31(4)15-6-5-12(7-13(11)15)18-16-17(25)14(9-23)19(26)29-20(16)30-21(28-18)27-10-24/h5-8,18H,1-4H3,(H6,25,26,27,28,29,30). The molecule has 156 valence electrons. The van der Waals surface area contributed by atoms with Gasteiger partial charge in [-0.3, -0.25) is 5.32 Å². The number of anilines is 4. The molecule has 3 heterocycles. The van der Waals surface area contributed by atoms with Crippen molar-refractivity contribution in [3.63, 3.8) is 0 Å². The molecule has 0 spiro atoms. The second-order valence-corrected chi connectivity index (χ2v) is 8.22. The van der Waals surface area contributed by atoms with Crippen molar-refractivity contribution in [2.24, 2.45) is 4.99 Å². The number of rotatable bonds is 1. The first kappa shape index (κ1) is 20.0. The first-order valence-corrected chi connectivity index (χ1v) is 9.74. The van der Waals surface area contributed by atoms with E-state index in [1.54, 1.807) is 0 Å². The summed E-state index contributed by atoms with van der Waals surface area (Å²) >= 11 is 0. The monoisotopic (exact) mass is 413 g/mol. The van der Waals surface area contributed by atoms with Crippen molar-refractivity contribution in [1.29, 1.82) is 10.5 Å². The van der Waals surface area contributed by atoms with Crippen LogP contribution in [0.2, 0.25) is 0 Å². The van der Waals surface area contributed by atoms with E-state index in [9.17, 15) is 5.26 Å². The summed E-state index contributed by atoms with van der Waals surface area (Å²) in [6.07, 6.45) is 4.09. The lowest BCUT2D eigenvalue weighted by Gasteiger charge is -2.41. The molecule has 0 saturated heterocycles. The van der Waals surface area contributed by atoms with Gasteiger partial charge < -0.3 is 21.7 Å². The van der Waals surface area contributed by atoms with Crippen molar-refractivity contribution < 1.29 is 0 Å². The zero-order valence-electron chi connectivity index (χ0n) is 17.8. The molecule has 1 unspecified atom stereocenters. The first-order chi connectivity index (χ1) is 14.7. The fourth-order valence-corrected chi connectivity index (χ4v) is 4.17. The van der Waals surface area contributed by atoms with Crippen LogP contribution in [0.25, 0.3) is 5.57 Å². The van der Waals surface area contributed by atoms with Crippen molar-refractivity contribution in [3.05, 3.63) is 46.5 Å². The lowest BCUT2D eigenvalue weighted by atomic mass is 9.86. The maximum Gasteiger partial charge on any atom is 0.211 e. The molecule has 4 rings (SSSR count). The Bertz CT molecular complexity index is 1240. The average Bonchev–Trinajstić information content (AvgIpc) is 2.71. The van der Waals surface area contributed by atoms with E-state index in [2.05, 4.69) is 71.5 Å². The van der Waals surface area contributed by atoms with Crippen LogP contribution < -0.4 is 27.0 Å². The minimum atomic E-state index is -0.564. The first-order valence-electron chi connectivity index (χ1n) is 9.74. The highest BCUT2D eigenvalue weighted by Crippen LogP contribution is 2.44. The van der Waals surface area contributed by atoms with Gasteiger partial charge in [-0.25, -0.2) is 9.98 Å². The molecule has 31 heavy (non-hydrogen) atoms. The SMILES string of the molecule is CC1=CC(C)(C)N(C)c2ccc(C3N=C(NC#N)Nc4nc(N)c(C#N)c(N)c43)cc21. The highest BCUT2D eigenvalue weighted by Gasteiger charge is 2.32. The summed E-state index contributed by atoms with van der Waals surface area (Å²) in [4.78, 5) is 11.2. The predicted molar refractivity (Wildman–Crippen MR) is 122 cm³/mol. The van der Waals surface area contributed by atoms with Crippen LogP contribution in [0.4, 0.5) is 23.0 Å². The van der Waals surface area contributed by atoms with Gasteiger partial charge in [0.2, 0.25) is 5.96 Å². The number of fused-ring (bicyclic) bond motifs is 2. The number of nitrogen functional groups attached to an aromatic ring is 2. The van der Waals surface area contributed by atoms with Crippen LogP contribution in [0.1, 0.15) is 49.1 Å². The normalized spacial score (nSPS) is 18.4. The third-order valence-electron chi connectivity index (χ3n) is 5.91. The third kappa shape index (κ3) is 3.08. The molecule has 2 aliphatic heterocycles. The quantitative estimate of drug-likeness (QED) is 0.411. The van der Waals surface area contributed by atoms with Crippen molar-refractivity contribution in [2.75, 3.05) is 28.7 Å². The van der Waals surface area contributed by atoms with E-state index in [0.29, 0.717) is 11.4 Å². The number of allylic oxidation sites excluding steroid dienone is 1. The van der Waals surface area contributed by atoms with E-state index in [1.165, 1.54) is 0 Å². The Balaban J connectivity index is 1.92. The predicted octanol–water partition coefficient (Wildman–Crippen LogP) is 2.69. The van der Waals surface area contributed by atoms with Crippen molar-refractivity contribution in [1.82, 2.24) is 10.3 Å². The van der Waals surface area contributed by atoms with Crippen molar-refractivity contribution >= 4 is 34.5 Å². The molecule has 0 fully saturated rings. The topological polar surface area (TPSA) is 152 Å². The Morgan fingerprint density at radius 2 is 2.00 bits per heavy atom. The van der Waals surface area contributed by atoms with Crippen LogP contribution in [0, 0.1) is 22.8 Å². The van der Waals surface area contributed by atoms with Gasteiger partial charge in [0.1, 0.15) is 29.3 Å². The number of aliphatic imine (C=N–C) groups is 1. The minimum absolute atomic E-state index is 0.0243. The van der Waals surface area contributed by atoms with Gasteiger partial charge in [0.15, 0.2) is 6.19 Å². The molecule has 0 radical (unpaired) electrons. The van der Waals surface area contributed by atoms with Gasteiger partial charge in [-0.1, -0.05) is 12.1 Å². The number of hydrogen-bond donors (Lipinski definition) is 4. The summed E-state index contributed by atoms with van der Waals surface area (Å²) in [6.45, 7) is 6.42. The third-order valence-corrected chi connectivity index (χ3v) is 5.91. The van der Waals surface area contributed by atoms with E-state index < -0.39 is 6.04 Å². The number of pyridine rings is 1. The van der Waals surface area contributed by atoms with Gasteiger partial charge in [0.25, 0.3) is 0 Å². The van der Waals surface area contributed by atoms with Gasteiger partial charge in [0, 0.05) is 23.9 Å². The number of nitrogens with two attached hydrogens (primary N) is 2. The molecule has 0 saturated carbocycles. The van der Waals surface area contributed by atoms with Crippen LogP contribution in [-0.2, 0) is 0 Å². The highest BCUT2D eigenvalue weighted by atomic mass is 15.2. The van der Waals surface area contributed by atoms with E-state index in [1.807, 2.05) is 18.3 Å². The zero-order chi connectivity index (χ0) is 22.5. The molecule has 9 heteroatoms. The Morgan fingerprint density at radius 3 is 2.68 bits per heavy atom. The fraction of sp³-hybridized carbons (Fsp3) is 0.273. The largest absolute Gasteiger partial charge is 0.397 e. The van der Waals surface area contributed by atoms with Gasteiger partial charge in [0.05, 0.1) is 11.2 Å². The smallest absolute Gasteiger partial charge is 0.211 e. The Morgan fingerprint density at radius 1 is 1.26 bits per heavy atom. The second-order valence-electron chi connectivity index (χ2n) is 8.22. The molecule has 2 aromatic rings. The average molecular weight is 413 g/mol. The minimum Gasteiger partial charge on any atom is -0.397 e. The van der Waals surface area contributed by atoms with Crippen molar-refractivity contribution in [2.45, 2.75) is 32.4 Å². The molecule has 1 aromatic heterocycles. The van der Waals surface area contributed by atoms with E-state index in [-0.39, 0.29) is 28.6 Å². The number of nitriles is 2. The molecule has 1 aromatic carbocycles. The van der Waals surface area contributed by atoms with Crippen LogP contribution in [0.15, 0.2) is 29.3 Å². The van der Waals surface area contributed by atoms with Gasteiger partial charge in [-0.15, -0.1) is 0 Å². The van der Waals surface area contributed by atoms with Crippen LogP contribution in [0.3, 0.4) is 0 Å². The number of nitrogens with one attached hydrogen (secondary N) is 2.